The zero-order valence-electron chi connectivity index (χ0n) is 14.6. The standard InChI is InChI=1S/C19H26FN3S/c1-3-4-5-6-16-14-21-19(24-16)17-13-15(7-8-18(17)20)23-11-9-22(2)10-12-23/h7-8,13-14H,3-6,9-12H2,1-2H3. The van der Waals surface area contributed by atoms with E-state index < -0.39 is 0 Å². The third-order valence-electron chi connectivity index (χ3n) is 4.63. The SMILES string of the molecule is CCCCCc1cnc(-c2cc(N3CCN(C)CC3)ccc2F)s1. The number of nitrogens with zero attached hydrogens (tertiary/aromatic N) is 3. The van der Waals surface area contributed by atoms with Crippen molar-refractivity contribution in [3.8, 4) is 10.6 Å². The number of benzene rings is 1. The second-order valence-electron chi connectivity index (χ2n) is 6.54. The van der Waals surface area contributed by atoms with Gasteiger partial charge in [-0.25, -0.2) is 9.37 Å². The lowest BCUT2D eigenvalue weighted by molar-refractivity contribution is 0.313. The first-order chi connectivity index (χ1) is 11.7. The Morgan fingerprint density at radius 3 is 2.71 bits per heavy atom. The molecular formula is C19H26FN3S. The highest BCUT2D eigenvalue weighted by Crippen LogP contribution is 2.31. The number of aryl methyl sites for hydroxylation is 1. The first-order valence-electron chi connectivity index (χ1n) is 8.85. The molecule has 0 radical (unpaired) electrons. The minimum absolute atomic E-state index is 0.178. The van der Waals surface area contributed by atoms with Crippen LogP contribution < -0.4 is 4.90 Å². The first-order valence-corrected chi connectivity index (χ1v) is 9.67. The highest BCUT2D eigenvalue weighted by atomic mass is 32.1. The third-order valence-corrected chi connectivity index (χ3v) is 5.72. The van der Waals surface area contributed by atoms with Gasteiger partial charge in [0.15, 0.2) is 0 Å². The summed E-state index contributed by atoms with van der Waals surface area (Å²) in [5.41, 5.74) is 1.74. The summed E-state index contributed by atoms with van der Waals surface area (Å²) in [5, 5.41) is 0.801. The summed E-state index contributed by atoms with van der Waals surface area (Å²) in [6.45, 7) is 6.28. The van der Waals surface area contributed by atoms with Crippen molar-refractivity contribution in [2.24, 2.45) is 0 Å². The quantitative estimate of drug-likeness (QED) is 0.721. The number of hydrogen-bond donors (Lipinski definition) is 0. The van der Waals surface area contributed by atoms with Gasteiger partial charge in [-0.05, 0) is 38.1 Å². The van der Waals surface area contributed by atoms with Crippen molar-refractivity contribution in [1.82, 2.24) is 9.88 Å². The van der Waals surface area contributed by atoms with Crippen LogP contribution in [-0.2, 0) is 6.42 Å². The molecule has 0 spiro atoms. The molecule has 0 amide bonds. The lowest BCUT2D eigenvalue weighted by Gasteiger charge is -2.34. The summed E-state index contributed by atoms with van der Waals surface area (Å²) in [7, 11) is 2.14. The van der Waals surface area contributed by atoms with Crippen molar-refractivity contribution >= 4 is 17.0 Å². The van der Waals surface area contributed by atoms with E-state index in [1.807, 2.05) is 18.3 Å². The van der Waals surface area contributed by atoms with Crippen molar-refractivity contribution in [1.29, 1.82) is 0 Å². The number of hydrogen-bond acceptors (Lipinski definition) is 4. The summed E-state index contributed by atoms with van der Waals surface area (Å²) >= 11 is 1.63. The molecule has 1 aliphatic heterocycles. The van der Waals surface area contributed by atoms with Crippen molar-refractivity contribution in [2.45, 2.75) is 32.6 Å². The number of piperazine rings is 1. The molecule has 1 aromatic heterocycles. The fourth-order valence-corrected chi connectivity index (χ4v) is 4.01. The fourth-order valence-electron chi connectivity index (χ4n) is 3.04. The topological polar surface area (TPSA) is 19.4 Å². The normalized spacial score (nSPS) is 15.9. The van der Waals surface area contributed by atoms with Crippen LogP contribution >= 0.6 is 11.3 Å². The van der Waals surface area contributed by atoms with Crippen LogP contribution in [0.1, 0.15) is 31.1 Å². The van der Waals surface area contributed by atoms with Crippen LogP contribution in [0.4, 0.5) is 10.1 Å². The van der Waals surface area contributed by atoms with E-state index in [2.05, 4.69) is 28.8 Å². The van der Waals surface area contributed by atoms with Gasteiger partial charge in [0, 0.05) is 48.5 Å². The van der Waals surface area contributed by atoms with Gasteiger partial charge in [-0.2, -0.15) is 0 Å². The number of rotatable bonds is 6. The fraction of sp³-hybridized carbons (Fsp3) is 0.526. The molecule has 2 aromatic rings. The highest BCUT2D eigenvalue weighted by molar-refractivity contribution is 7.15. The Kier molecular flexibility index (Phi) is 5.85. The van der Waals surface area contributed by atoms with Crippen LogP contribution in [0.15, 0.2) is 24.4 Å². The molecule has 5 heteroatoms. The van der Waals surface area contributed by atoms with Crippen molar-refractivity contribution in [2.75, 3.05) is 38.1 Å². The van der Waals surface area contributed by atoms with Crippen LogP contribution in [0.25, 0.3) is 10.6 Å². The Labute approximate surface area is 148 Å². The van der Waals surface area contributed by atoms with E-state index in [-0.39, 0.29) is 5.82 Å². The number of unbranched alkanes of at least 4 members (excludes halogenated alkanes) is 2. The second-order valence-corrected chi connectivity index (χ2v) is 7.66. The molecule has 0 saturated carbocycles. The maximum atomic E-state index is 14.3. The Morgan fingerprint density at radius 2 is 1.96 bits per heavy atom. The summed E-state index contributed by atoms with van der Waals surface area (Å²) in [5.74, 6) is -0.178. The molecular weight excluding hydrogens is 321 g/mol. The molecule has 0 N–H and O–H groups in total. The number of likely N-dealkylation sites (N-methyl/N-ethyl adjacent to an activating group) is 1. The number of anilines is 1. The molecule has 130 valence electrons. The van der Waals surface area contributed by atoms with E-state index >= 15 is 0 Å². The number of halogens is 1. The Bertz CT molecular complexity index is 662. The van der Waals surface area contributed by atoms with Gasteiger partial charge in [0.1, 0.15) is 10.8 Å². The van der Waals surface area contributed by atoms with Gasteiger partial charge in [0.2, 0.25) is 0 Å². The molecule has 1 aromatic carbocycles. The minimum Gasteiger partial charge on any atom is -0.369 e. The van der Waals surface area contributed by atoms with Gasteiger partial charge < -0.3 is 9.80 Å². The van der Waals surface area contributed by atoms with Crippen LogP contribution in [0.3, 0.4) is 0 Å². The third kappa shape index (κ3) is 4.14. The summed E-state index contributed by atoms with van der Waals surface area (Å²) in [6, 6.07) is 5.44. The summed E-state index contributed by atoms with van der Waals surface area (Å²) in [6.07, 6.45) is 6.60. The van der Waals surface area contributed by atoms with Gasteiger partial charge in [0.05, 0.1) is 0 Å². The maximum Gasteiger partial charge on any atom is 0.133 e. The van der Waals surface area contributed by atoms with Crippen LogP contribution in [0.2, 0.25) is 0 Å². The Balaban J connectivity index is 1.76. The molecule has 1 saturated heterocycles. The van der Waals surface area contributed by atoms with Crippen molar-refractivity contribution < 1.29 is 4.39 Å². The van der Waals surface area contributed by atoms with Gasteiger partial charge in [-0.15, -0.1) is 11.3 Å². The monoisotopic (exact) mass is 347 g/mol. The molecule has 0 bridgehead atoms. The predicted octanol–water partition coefficient (Wildman–Crippen LogP) is 4.43. The Hall–Kier alpha value is -1.46. The Morgan fingerprint density at radius 1 is 1.17 bits per heavy atom. The molecule has 0 atom stereocenters. The van der Waals surface area contributed by atoms with Crippen LogP contribution in [0.5, 0.6) is 0 Å². The molecule has 1 aliphatic rings. The molecule has 2 heterocycles. The van der Waals surface area contributed by atoms with E-state index in [1.165, 1.54) is 24.1 Å². The average Bonchev–Trinajstić information content (AvgIpc) is 3.05. The van der Waals surface area contributed by atoms with Gasteiger partial charge >= 0.3 is 0 Å². The van der Waals surface area contributed by atoms with Crippen LogP contribution in [0, 0.1) is 5.82 Å². The van der Waals surface area contributed by atoms with Crippen molar-refractivity contribution in [3.05, 3.63) is 35.1 Å². The van der Waals surface area contributed by atoms with E-state index in [0.29, 0.717) is 5.56 Å². The van der Waals surface area contributed by atoms with E-state index in [0.717, 1.165) is 43.3 Å². The largest absolute Gasteiger partial charge is 0.369 e. The smallest absolute Gasteiger partial charge is 0.133 e. The molecule has 3 rings (SSSR count). The zero-order chi connectivity index (χ0) is 16.9. The maximum absolute atomic E-state index is 14.3. The van der Waals surface area contributed by atoms with E-state index in [9.17, 15) is 4.39 Å². The summed E-state index contributed by atoms with van der Waals surface area (Å²) < 4.78 is 14.3. The molecule has 3 nitrogen and oxygen atoms in total. The molecule has 24 heavy (non-hydrogen) atoms. The molecule has 0 unspecified atom stereocenters. The number of aromatic nitrogens is 1. The van der Waals surface area contributed by atoms with Crippen molar-refractivity contribution in [3.63, 3.8) is 0 Å². The van der Waals surface area contributed by atoms with E-state index in [1.54, 1.807) is 17.4 Å². The predicted molar refractivity (Wildman–Crippen MR) is 100 cm³/mol. The van der Waals surface area contributed by atoms with Gasteiger partial charge in [0.25, 0.3) is 0 Å². The van der Waals surface area contributed by atoms with Gasteiger partial charge in [-0.1, -0.05) is 19.8 Å². The zero-order valence-corrected chi connectivity index (χ0v) is 15.4. The van der Waals surface area contributed by atoms with Gasteiger partial charge in [-0.3, -0.25) is 0 Å². The average molecular weight is 348 g/mol. The first kappa shape index (κ1) is 17.4. The molecule has 0 aliphatic carbocycles. The summed E-state index contributed by atoms with van der Waals surface area (Å²) in [4.78, 5) is 10.4. The van der Waals surface area contributed by atoms with E-state index in [4.69, 9.17) is 0 Å². The van der Waals surface area contributed by atoms with Crippen LogP contribution in [-0.4, -0.2) is 43.1 Å². The highest BCUT2D eigenvalue weighted by Gasteiger charge is 2.17. The number of thiazole rings is 1. The lowest BCUT2D eigenvalue weighted by Crippen LogP contribution is -2.44. The lowest BCUT2D eigenvalue weighted by atomic mass is 10.1. The molecule has 1 fully saturated rings. The second kappa shape index (κ2) is 8.08. The minimum atomic E-state index is -0.178.